The van der Waals surface area contributed by atoms with E-state index in [9.17, 15) is 35.1 Å². The van der Waals surface area contributed by atoms with E-state index in [1.165, 1.54) is 0 Å². The van der Waals surface area contributed by atoms with Crippen LogP contribution in [0.1, 0.15) is 93.7 Å². The molecule has 0 N–H and O–H groups in total. The lowest BCUT2D eigenvalue weighted by Crippen LogP contribution is -2.37. The van der Waals surface area contributed by atoms with Crippen molar-refractivity contribution in [3.05, 3.63) is 76.6 Å². The standard InChI is InChI=1S/C32H36F8O/c1-2-3-4-22-11-16-26(27(33)17-22)23-12-7-20(8-13-23)5-6-21-9-14-24(15-10-21)32(39,40)41-25-18-28(34)30(29(35)19-25)31(36,37)38/h5-6,11,16-21,23-24H,2-4,7-10,12-15H2,1H3/b6-5+. The fraction of sp³-hybridized carbons (Fsp3) is 0.562. The molecule has 0 radical (unpaired) electrons. The maximum Gasteiger partial charge on any atom is 0.422 e. The summed E-state index contributed by atoms with van der Waals surface area (Å²) in [6.45, 7) is 2.11. The number of allylic oxidation sites excluding steroid dienone is 2. The Balaban J connectivity index is 1.25. The highest BCUT2D eigenvalue weighted by Crippen LogP contribution is 2.43. The molecule has 0 spiro atoms. The molecule has 0 amide bonds. The molecule has 0 aromatic heterocycles. The lowest BCUT2D eigenvalue weighted by Gasteiger charge is -2.33. The van der Waals surface area contributed by atoms with Crippen molar-refractivity contribution in [2.45, 2.75) is 95.8 Å². The fourth-order valence-electron chi connectivity index (χ4n) is 6.14. The number of rotatable bonds is 9. The van der Waals surface area contributed by atoms with Crippen molar-refractivity contribution in [2.75, 3.05) is 0 Å². The zero-order valence-corrected chi connectivity index (χ0v) is 23.1. The van der Waals surface area contributed by atoms with Crippen LogP contribution in [0.5, 0.6) is 5.75 Å². The molecule has 2 aromatic carbocycles. The van der Waals surface area contributed by atoms with Gasteiger partial charge in [0.1, 0.15) is 28.8 Å². The minimum Gasteiger partial charge on any atom is -0.432 e. The zero-order valence-electron chi connectivity index (χ0n) is 23.1. The maximum atomic E-state index is 14.7. The van der Waals surface area contributed by atoms with Crippen molar-refractivity contribution >= 4 is 0 Å². The van der Waals surface area contributed by atoms with Gasteiger partial charge in [0.25, 0.3) is 0 Å². The highest BCUT2D eigenvalue weighted by molar-refractivity contribution is 5.32. The number of benzene rings is 2. The number of aryl methyl sites for hydroxylation is 1. The third kappa shape index (κ3) is 8.04. The van der Waals surface area contributed by atoms with Crippen molar-refractivity contribution in [2.24, 2.45) is 17.8 Å². The summed E-state index contributed by atoms with van der Waals surface area (Å²) in [5.41, 5.74) is -0.320. The van der Waals surface area contributed by atoms with E-state index in [4.69, 9.17) is 0 Å². The first kappa shape index (κ1) is 31.4. The Bertz CT molecular complexity index is 1170. The highest BCUT2D eigenvalue weighted by atomic mass is 19.4. The molecular formula is C32H36F8O. The van der Waals surface area contributed by atoms with Gasteiger partial charge >= 0.3 is 12.3 Å². The molecule has 4 rings (SSSR count). The summed E-state index contributed by atoms with van der Waals surface area (Å²) < 4.78 is 115. The fourth-order valence-corrected chi connectivity index (χ4v) is 6.14. The van der Waals surface area contributed by atoms with Crippen molar-refractivity contribution in [3.63, 3.8) is 0 Å². The summed E-state index contributed by atoms with van der Waals surface area (Å²) >= 11 is 0. The van der Waals surface area contributed by atoms with Gasteiger partial charge < -0.3 is 4.74 Å². The van der Waals surface area contributed by atoms with Crippen LogP contribution in [0.2, 0.25) is 0 Å². The van der Waals surface area contributed by atoms with Gasteiger partial charge in [0, 0.05) is 12.1 Å². The van der Waals surface area contributed by atoms with Crippen LogP contribution in [0.25, 0.3) is 0 Å². The Morgan fingerprint density at radius 1 is 0.756 bits per heavy atom. The Morgan fingerprint density at radius 2 is 1.32 bits per heavy atom. The second kappa shape index (κ2) is 13.2. The SMILES string of the molecule is CCCCc1ccc(C2CCC(/C=C/C3CCC(C(F)(F)Oc4cc(F)c(C(F)(F)F)c(F)c4)CC3)CC2)c(F)c1. The molecule has 226 valence electrons. The van der Waals surface area contributed by atoms with Crippen LogP contribution in [0.15, 0.2) is 42.5 Å². The summed E-state index contributed by atoms with van der Waals surface area (Å²) in [4.78, 5) is 0. The van der Waals surface area contributed by atoms with E-state index in [0.717, 1.165) is 56.1 Å². The van der Waals surface area contributed by atoms with E-state index in [0.29, 0.717) is 18.8 Å². The molecule has 2 aromatic rings. The topological polar surface area (TPSA) is 9.23 Å². The summed E-state index contributed by atoms with van der Waals surface area (Å²) in [6.07, 6.45) is 2.94. The van der Waals surface area contributed by atoms with Crippen molar-refractivity contribution in [1.82, 2.24) is 0 Å². The maximum absolute atomic E-state index is 14.7. The van der Waals surface area contributed by atoms with Gasteiger partial charge in [0.05, 0.1) is 5.92 Å². The average molecular weight is 589 g/mol. The molecule has 0 bridgehead atoms. The van der Waals surface area contributed by atoms with Gasteiger partial charge in [-0.05, 0) is 99.2 Å². The van der Waals surface area contributed by atoms with Crippen LogP contribution >= 0.6 is 0 Å². The van der Waals surface area contributed by atoms with Crippen LogP contribution in [0.4, 0.5) is 35.1 Å². The third-order valence-electron chi connectivity index (χ3n) is 8.55. The number of ether oxygens (including phenoxy) is 1. The third-order valence-corrected chi connectivity index (χ3v) is 8.55. The molecule has 2 saturated carbocycles. The van der Waals surface area contributed by atoms with Crippen LogP contribution in [-0.2, 0) is 12.6 Å². The highest BCUT2D eigenvalue weighted by Gasteiger charge is 2.45. The molecule has 2 aliphatic rings. The monoisotopic (exact) mass is 588 g/mol. The van der Waals surface area contributed by atoms with E-state index in [2.05, 4.69) is 23.8 Å². The first-order valence-electron chi connectivity index (χ1n) is 14.5. The van der Waals surface area contributed by atoms with Crippen LogP contribution in [0, 0.1) is 35.2 Å². The molecule has 1 nitrogen and oxygen atoms in total. The van der Waals surface area contributed by atoms with Gasteiger partial charge in [-0.15, -0.1) is 0 Å². The van der Waals surface area contributed by atoms with Gasteiger partial charge in [0.2, 0.25) is 0 Å². The lowest BCUT2D eigenvalue weighted by atomic mass is 9.77. The molecule has 2 aliphatic carbocycles. The predicted octanol–water partition coefficient (Wildman–Crippen LogP) is 10.8. The molecule has 0 aliphatic heterocycles. The van der Waals surface area contributed by atoms with Gasteiger partial charge in [0.15, 0.2) is 0 Å². The molecular weight excluding hydrogens is 552 g/mol. The summed E-state index contributed by atoms with van der Waals surface area (Å²) in [5, 5.41) is 0. The summed E-state index contributed by atoms with van der Waals surface area (Å²) in [6, 6.07) is 5.91. The van der Waals surface area contributed by atoms with Gasteiger partial charge in [-0.25, -0.2) is 13.2 Å². The quantitative estimate of drug-likeness (QED) is 0.209. The van der Waals surface area contributed by atoms with Gasteiger partial charge in [-0.1, -0.05) is 37.6 Å². The first-order valence-corrected chi connectivity index (χ1v) is 14.5. The second-order valence-electron chi connectivity index (χ2n) is 11.5. The number of halogens is 8. The molecule has 0 heterocycles. The Kier molecular flexibility index (Phi) is 10.1. The number of hydrogen-bond acceptors (Lipinski definition) is 1. The molecule has 2 fully saturated rings. The van der Waals surface area contributed by atoms with Crippen molar-refractivity contribution in [1.29, 1.82) is 0 Å². The van der Waals surface area contributed by atoms with Gasteiger partial charge in [-0.2, -0.15) is 22.0 Å². The van der Waals surface area contributed by atoms with Crippen LogP contribution in [0.3, 0.4) is 0 Å². The Labute approximate surface area is 236 Å². The molecule has 0 saturated heterocycles. The lowest BCUT2D eigenvalue weighted by molar-refractivity contribution is -0.223. The van der Waals surface area contributed by atoms with E-state index in [-0.39, 0.29) is 42.6 Å². The number of unbranched alkanes of at least 4 members (excludes halogenated alkanes) is 1. The minimum atomic E-state index is -5.29. The molecule has 0 atom stereocenters. The summed E-state index contributed by atoms with van der Waals surface area (Å²) in [7, 11) is 0. The van der Waals surface area contributed by atoms with E-state index >= 15 is 0 Å². The minimum absolute atomic E-state index is 0.105. The largest absolute Gasteiger partial charge is 0.432 e. The van der Waals surface area contributed by atoms with Crippen molar-refractivity contribution in [3.8, 4) is 5.75 Å². The normalized spacial score (nSPS) is 24.1. The van der Waals surface area contributed by atoms with Crippen molar-refractivity contribution < 1.29 is 39.9 Å². The predicted molar refractivity (Wildman–Crippen MR) is 141 cm³/mol. The number of hydrogen-bond donors (Lipinski definition) is 0. The molecule has 9 heteroatoms. The number of alkyl halides is 5. The molecule has 0 unspecified atom stereocenters. The Morgan fingerprint density at radius 3 is 1.83 bits per heavy atom. The Hall–Kier alpha value is -2.58. The average Bonchev–Trinajstić information content (AvgIpc) is 2.90. The van der Waals surface area contributed by atoms with E-state index in [1.807, 2.05) is 12.1 Å². The zero-order chi connectivity index (χ0) is 29.8. The smallest absolute Gasteiger partial charge is 0.422 e. The first-order chi connectivity index (χ1) is 19.4. The van der Waals surface area contributed by atoms with Crippen LogP contribution in [-0.4, -0.2) is 6.11 Å². The van der Waals surface area contributed by atoms with Gasteiger partial charge in [-0.3, -0.25) is 0 Å². The van der Waals surface area contributed by atoms with E-state index < -0.39 is 41.2 Å². The second-order valence-corrected chi connectivity index (χ2v) is 11.5. The molecule has 41 heavy (non-hydrogen) atoms. The summed E-state index contributed by atoms with van der Waals surface area (Å²) in [5.74, 6) is -5.68. The van der Waals surface area contributed by atoms with E-state index in [1.54, 1.807) is 6.07 Å². The van der Waals surface area contributed by atoms with Crippen LogP contribution < -0.4 is 4.74 Å².